The van der Waals surface area contributed by atoms with Crippen molar-refractivity contribution in [1.82, 2.24) is 4.98 Å². The maximum absolute atomic E-state index is 13.9. The van der Waals surface area contributed by atoms with Gasteiger partial charge in [-0.2, -0.15) is 39.5 Å². The van der Waals surface area contributed by atoms with Crippen LogP contribution in [0.4, 0.5) is 45.3 Å². The number of carbonyl (C=O) groups is 1. The molecule has 140 valence electrons. The number of amides is 1. The van der Waals surface area contributed by atoms with Crippen LogP contribution in [-0.4, -0.2) is 40.6 Å². The number of hydrogen-bond donors (Lipinski definition) is 1. The fourth-order valence-corrected chi connectivity index (χ4v) is 1.90. The first kappa shape index (κ1) is 19.3. The standard InChI is InChI=1S/C12H7F9N2O2/c1-5-3-2-4-22-6(5)23-7(24)8(13,14)11(19)9(15,16)10(17,18)12(20,21)25-11/h2-4H,1H3,(H,22,23,24)/t11-/m0/s1. The van der Waals surface area contributed by atoms with Gasteiger partial charge in [-0.05, 0) is 18.6 Å². The Morgan fingerprint density at radius 1 is 1.12 bits per heavy atom. The largest absolute Gasteiger partial charge is 0.428 e. The zero-order valence-electron chi connectivity index (χ0n) is 11.9. The lowest BCUT2D eigenvalue weighted by Crippen LogP contribution is -2.63. The van der Waals surface area contributed by atoms with Crippen LogP contribution in [0.15, 0.2) is 18.3 Å². The van der Waals surface area contributed by atoms with Gasteiger partial charge in [-0.3, -0.25) is 9.53 Å². The second-order valence-corrected chi connectivity index (χ2v) is 5.06. The van der Waals surface area contributed by atoms with Crippen LogP contribution in [0, 0.1) is 6.92 Å². The number of nitrogens with zero attached hydrogens (tertiary/aromatic N) is 1. The van der Waals surface area contributed by atoms with E-state index < -0.39 is 41.5 Å². The molecule has 1 saturated heterocycles. The summed E-state index contributed by atoms with van der Waals surface area (Å²) < 4.78 is 122. The highest BCUT2D eigenvalue weighted by atomic mass is 19.4. The first-order chi connectivity index (χ1) is 11.1. The third kappa shape index (κ3) is 2.35. The molecule has 1 atom stereocenters. The van der Waals surface area contributed by atoms with Crippen LogP contribution in [0.2, 0.25) is 0 Å². The van der Waals surface area contributed by atoms with Gasteiger partial charge in [0.2, 0.25) is 0 Å². The number of nitrogens with one attached hydrogen (secondary N) is 1. The van der Waals surface area contributed by atoms with Crippen LogP contribution in [-0.2, 0) is 9.53 Å². The molecule has 1 aromatic heterocycles. The van der Waals surface area contributed by atoms with Gasteiger partial charge in [0.25, 0.3) is 0 Å². The molecule has 0 unspecified atom stereocenters. The van der Waals surface area contributed by atoms with E-state index in [1.54, 1.807) is 0 Å². The van der Waals surface area contributed by atoms with E-state index in [1.165, 1.54) is 24.4 Å². The van der Waals surface area contributed by atoms with E-state index in [-0.39, 0.29) is 5.56 Å². The molecule has 1 aliphatic heterocycles. The molecule has 1 fully saturated rings. The van der Waals surface area contributed by atoms with Gasteiger partial charge in [-0.15, -0.1) is 0 Å². The number of ether oxygens (including phenoxy) is 1. The zero-order chi connectivity index (χ0) is 19.5. The second kappa shape index (κ2) is 5.22. The molecule has 0 bridgehead atoms. The lowest BCUT2D eigenvalue weighted by Gasteiger charge is -2.31. The molecular formula is C12H7F9N2O2. The summed E-state index contributed by atoms with van der Waals surface area (Å²) in [5.41, 5.74) is 0.00863. The SMILES string of the molecule is Cc1cccnc1NC(=O)C(F)(F)[C@]1(F)OC(F)(F)C(F)(F)C1(F)F. The first-order valence-corrected chi connectivity index (χ1v) is 6.25. The van der Waals surface area contributed by atoms with Crippen molar-refractivity contribution in [1.29, 1.82) is 0 Å². The van der Waals surface area contributed by atoms with Crippen LogP contribution in [0.3, 0.4) is 0 Å². The third-order valence-corrected chi connectivity index (χ3v) is 3.36. The Labute approximate surface area is 133 Å². The van der Waals surface area contributed by atoms with Crippen LogP contribution in [0.25, 0.3) is 0 Å². The van der Waals surface area contributed by atoms with Crippen LogP contribution in [0.5, 0.6) is 0 Å². The minimum atomic E-state index is -6.72. The highest BCUT2D eigenvalue weighted by Gasteiger charge is 2.96. The third-order valence-electron chi connectivity index (χ3n) is 3.36. The fourth-order valence-electron chi connectivity index (χ4n) is 1.90. The van der Waals surface area contributed by atoms with Gasteiger partial charge in [0.05, 0.1) is 0 Å². The van der Waals surface area contributed by atoms with Crippen molar-refractivity contribution in [3.8, 4) is 0 Å². The Balaban J connectivity index is 2.44. The number of aryl methyl sites for hydroxylation is 1. The molecule has 0 saturated carbocycles. The molecule has 0 radical (unpaired) electrons. The van der Waals surface area contributed by atoms with Gasteiger partial charge in [0, 0.05) is 6.20 Å². The summed E-state index contributed by atoms with van der Waals surface area (Å²) in [6, 6.07) is 2.50. The molecule has 4 nitrogen and oxygen atoms in total. The monoisotopic (exact) mass is 382 g/mol. The Kier molecular flexibility index (Phi) is 4.03. The topological polar surface area (TPSA) is 51.2 Å². The summed E-state index contributed by atoms with van der Waals surface area (Å²) >= 11 is 0. The van der Waals surface area contributed by atoms with Crippen molar-refractivity contribution >= 4 is 11.7 Å². The quantitative estimate of drug-likeness (QED) is 0.814. The molecule has 0 aliphatic carbocycles. The van der Waals surface area contributed by atoms with E-state index in [1.807, 2.05) is 0 Å². The number of alkyl halides is 9. The zero-order valence-corrected chi connectivity index (χ0v) is 11.9. The van der Waals surface area contributed by atoms with Crippen molar-refractivity contribution in [2.24, 2.45) is 0 Å². The number of hydrogen-bond acceptors (Lipinski definition) is 3. The van der Waals surface area contributed by atoms with E-state index in [4.69, 9.17) is 0 Å². The average molecular weight is 382 g/mol. The Morgan fingerprint density at radius 2 is 1.68 bits per heavy atom. The van der Waals surface area contributed by atoms with Crippen LogP contribution < -0.4 is 5.32 Å². The van der Waals surface area contributed by atoms with Crippen molar-refractivity contribution in [3.63, 3.8) is 0 Å². The van der Waals surface area contributed by atoms with E-state index in [0.717, 1.165) is 6.20 Å². The van der Waals surface area contributed by atoms with Crippen molar-refractivity contribution in [2.75, 3.05) is 5.32 Å². The maximum Gasteiger partial charge on any atom is 0.428 e. The van der Waals surface area contributed by atoms with Crippen LogP contribution >= 0.6 is 0 Å². The van der Waals surface area contributed by atoms with Gasteiger partial charge in [0.1, 0.15) is 5.82 Å². The molecule has 1 amide bonds. The number of anilines is 1. The minimum Gasteiger partial charge on any atom is -0.305 e. The molecule has 0 aromatic carbocycles. The molecule has 1 N–H and O–H groups in total. The molecule has 1 aliphatic rings. The number of halogens is 9. The summed E-state index contributed by atoms with van der Waals surface area (Å²) in [6.07, 6.45) is -5.31. The smallest absolute Gasteiger partial charge is 0.305 e. The van der Waals surface area contributed by atoms with E-state index in [0.29, 0.717) is 0 Å². The van der Waals surface area contributed by atoms with Gasteiger partial charge in [0.15, 0.2) is 0 Å². The predicted octanol–water partition coefficient (Wildman–Crippen LogP) is 3.52. The summed E-state index contributed by atoms with van der Waals surface area (Å²) in [6.45, 7) is 1.22. The Hall–Kier alpha value is -2.05. The highest BCUT2D eigenvalue weighted by molar-refractivity contribution is 5.96. The molecule has 2 heterocycles. The van der Waals surface area contributed by atoms with Gasteiger partial charge >= 0.3 is 35.6 Å². The normalized spacial score (nSPS) is 27.1. The molecule has 1 aromatic rings. The van der Waals surface area contributed by atoms with Crippen LogP contribution in [0.1, 0.15) is 5.56 Å². The highest BCUT2D eigenvalue weighted by Crippen LogP contribution is 2.64. The van der Waals surface area contributed by atoms with E-state index in [9.17, 15) is 44.3 Å². The number of pyridine rings is 1. The average Bonchev–Trinajstić information content (AvgIpc) is 2.57. The molecule has 0 spiro atoms. The minimum absolute atomic E-state index is 0.00863. The summed E-state index contributed by atoms with van der Waals surface area (Å²) in [4.78, 5) is 14.8. The van der Waals surface area contributed by atoms with E-state index in [2.05, 4.69) is 9.72 Å². The number of carbonyl (C=O) groups excluding carboxylic acids is 1. The number of rotatable bonds is 3. The van der Waals surface area contributed by atoms with Gasteiger partial charge in [-0.1, -0.05) is 6.07 Å². The lowest BCUT2D eigenvalue weighted by atomic mass is 9.99. The molecule has 13 heteroatoms. The summed E-state index contributed by atoms with van der Waals surface area (Å²) in [5, 5.41) is 1.20. The van der Waals surface area contributed by atoms with Gasteiger partial charge < -0.3 is 5.32 Å². The fraction of sp³-hybridized carbons (Fsp3) is 0.500. The molecule has 25 heavy (non-hydrogen) atoms. The van der Waals surface area contributed by atoms with Crippen molar-refractivity contribution < 1.29 is 49.0 Å². The van der Waals surface area contributed by atoms with Crippen molar-refractivity contribution in [3.05, 3.63) is 23.9 Å². The summed E-state index contributed by atoms with van der Waals surface area (Å²) in [7, 11) is 0. The molecule has 2 rings (SSSR count). The first-order valence-electron chi connectivity index (χ1n) is 6.25. The summed E-state index contributed by atoms with van der Waals surface area (Å²) in [5.74, 6) is -29.4. The predicted molar refractivity (Wildman–Crippen MR) is 62.3 cm³/mol. The maximum atomic E-state index is 13.9. The second-order valence-electron chi connectivity index (χ2n) is 5.06. The molecular weight excluding hydrogens is 375 g/mol. The Bertz CT molecular complexity index is 710. The van der Waals surface area contributed by atoms with Gasteiger partial charge in [-0.25, -0.2) is 4.98 Å². The lowest BCUT2D eigenvalue weighted by molar-refractivity contribution is -0.366. The van der Waals surface area contributed by atoms with Crippen molar-refractivity contribution in [2.45, 2.75) is 36.7 Å². The van der Waals surface area contributed by atoms with E-state index >= 15 is 0 Å². The number of aromatic nitrogens is 1. The Morgan fingerprint density at radius 3 is 2.12 bits per heavy atom.